The zero-order chi connectivity index (χ0) is 13.4. The number of carbonyl (C=O) groups is 2. The summed E-state index contributed by atoms with van der Waals surface area (Å²) in [4.78, 5) is 30.5. The second-order valence-electron chi connectivity index (χ2n) is 3.57. The summed E-state index contributed by atoms with van der Waals surface area (Å²) in [6.45, 7) is 2.77. The maximum Gasteiger partial charge on any atom is 0.271 e. The molecule has 1 rings (SSSR count). The number of aromatic nitrogens is 2. The third kappa shape index (κ3) is 4.36. The van der Waals surface area contributed by atoms with Crippen molar-refractivity contribution in [2.24, 2.45) is 0 Å². The van der Waals surface area contributed by atoms with Gasteiger partial charge in [-0.05, 0) is 6.42 Å². The number of likely N-dealkylation sites (N-methyl/N-ethyl adjacent to an activating group) is 1. The van der Waals surface area contributed by atoms with Crippen molar-refractivity contribution in [3.05, 3.63) is 18.1 Å². The quantitative estimate of drug-likeness (QED) is 0.649. The summed E-state index contributed by atoms with van der Waals surface area (Å²) in [5, 5.41) is 7.89. The van der Waals surface area contributed by atoms with Gasteiger partial charge in [-0.3, -0.25) is 9.59 Å². The summed E-state index contributed by atoms with van der Waals surface area (Å²) < 4.78 is 0. The Morgan fingerprint density at radius 3 is 2.61 bits per heavy atom. The van der Waals surface area contributed by atoms with Crippen LogP contribution in [0.15, 0.2) is 12.4 Å². The first-order chi connectivity index (χ1) is 8.67. The van der Waals surface area contributed by atoms with E-state index in [1.165, 1.54) is 19.4 Å². The summed E-state index contributed by atoms with van der Waals surface area (Å²) >= 11 is 0. The van der Waals surface area contributed by atoms with Crippen LogP contribution in [-0.4, -0.2) is 41.9 Å². The fraction of sp³-hybridized carbons (Fsp3) is 0.455. The SMILES string of the molecule is CCCNc1cnc(C(=O)NCC(=O)NC)cn1. The van der Waals surface area contributed by atoms with Gasteiger partial charge in [-0.1, -0.05) is 6.92 Å². The molecule has 0 saturated carbocycles. The molecule has 0 spiro atoms. The van der Waals surface area contributed by atoms with Gasteiger partial charge in [-0.15, -0.1) is 0 Å². The van der Waals surface area contributed by atoms with Crippen molar-refractivity contribution in [1.82, 2.24) is 20.6 Å². The molecule has 0 fully saturated rings. The second kappa shape index (κ2) is 7.21. The predicted molar refractivity (Wildman–Crippen MR) is 67.2 cm³/mol. The van der Waals surface area contributed by atoms with E-state index in [-0.39, 0.29) is 18.1 Å². The molecule has 1 heterocycles. The molecule has 0 atom stereocenters. The molecule has 0 aliphatic heterocycles. The van der Waals surface area contributed by atoms with Crippen molar-refractivity contribution in [3.63, 3.8) is 0 Å². The molecule has 0 saturated heterocycles. The monoisotopic (exact) mass is 251 g/mol. The number of rotatable bonds is 6. The summed E-state index contributed by atoms with van der Waals surface area (Å²) in [5.74, 6) is -0.0645. The minimum Gasteiger partial charge on any atom is -0.369 e. The van der Waals surface area contributed by atoms with Gasteiger partial charge in [0.2, 0.25) is 5.91 Å². The van der Waals surface area contributed by atoms with Crippen LogP contribution in [0.25, 0.3) is 0 Å². The van der Waals surface area contributed by atoms with E-state index < -0.39 is 5.91 Å². The molecule has 0 aliphatic carbocycles. The van der Waals surface area contributed by atoms with Crippen molar-refractivity contribution < 1.29 is 9.59 Å². The molecule has 0 unspecified atom stereocenters. The van der Waals surface area contributed by atoms with Crippen LogP contribution in [-0.2, 0) is 4.79 Å². The Morgan fingerprint density at radius 2 is 2.06 bits per heavy atom. The molecule has 3 N–H and O–H groups in total. The molecule has 0 bridgehead atoms. The van der Waals surface area contributed by atoms with Gasteiger partial charge < -0.3 is 16.0 Å². The van der Waals surface area contributed by atoms with Crippen LogP contribution in [0.2, 0.25) is 0 Å². The Bertz CT molecular complexity index is 404. The molecule has 0 aromatic carbocycles. The Hall–Kier alpha value is -2.18. The Labute approximate surface area is 105 Å². The molecule has 0 radical (unpaired) electrons. The van der Waals surface area contributed by atoms with Crippen LogP contribution in [0.5, 0.6) is 0 Å². The highest BCUT2D eigenvalue weighted by Crippen LogP contribution is 2.00. The summed E-state index contributed by atoms with van der Waals surface area (Å²) in [6.07, 6.45) is 3.84. The lowest BCUT2D eigenvalue weighted by atomic mass is 10.4. The second-order valence-corrected chi connectivity index (χ2v) is 3.57. The molecular formula is C11H17N5O2. The topological polar surface area (TPSA) is 96.0 Å². The smallest absolute Gasteiger partial charge is 0.271 e. The van der Waals surface area contributed by atoms with Gasteiger partial charge in [0.15, 0.2) is 0 Å². The van der Waals surface area contributed by atoms with E-state index >= 15 is 0 Å². The highest BCUT2D eigenvalue weighted by atomic mass is 16.2. The number of carbonyl (C=O) groups excluding carboxylic acids is 2. The molecule has 2 amide bonds. The number of nitrogens with zero attached hydrogens (tertiary/aromatic N) is 2. The van der Waals surface area contributed by atoms with Gasteiger partial charge in [0.25, 0.3) is 5.91 Å². The fourth-order valence-electron chi connectivity index (χ4n) is 1.13. The largest absolute Gasteiger partial charge is 0.369 e. The van der Waals surface area contributed by atoms with E-state index in [2.05, 4.69) is 25.9 Å². The van der Waals surface area contributed by atoms with Crippen molar-refractivity contribution in [2.45, 2.75) is 13.3 Å². The van der Waals surface area contributed by atoms with E-state index in [9.17, 15) is 9.59 Å². The molecule has 7 nitrogen and oxygen atoms in total. The van der Waals surface area contributed by atoms with Crippen LogP contribution in [0.3, 0.4) is 0 Å². The minimum absolute atomic E-state index is 0.0765. The average Bonchev–Trinajstić information content (AvgIpc) is 2.42. The number of anilines is 1. The predicted octanol–water partition coefficient (Wildman–Crippen LogP) is -0.226. The zero-order valence-electron chi connectivity index (χ0n) is 10.5. The van der Waals surface area contributed by atoms with Crippen LogP contribution in [0.1, 0.15) is 23.8 Å². The fourth-order valence-corrected chi connectivity index (χ4v) is 1.13. The molecule has 18 heavy (non-hydrogen) atoms. The van der Waals surface area contributed by atoms with Crippen LogP contribution >= 0.6 is 0 Å². The molecule has 7 heteroatoms. The normalized spacial score (nSPS) is 9.67. The number of hydrogen-bond donors (Lipinski definition) is 3. The summed E-state index contributed by atoms with van der Waals surface area (Å²) in [6, 6.07) is 0. The van der Waals surface area contributed by atoms with Gasteiger partial charge in [-0.2, -0.15) is 0 Å². The zero-order valence-corrected chi connectivity index (χ0v) is 10.5. The first-order valence-electron chi connectivity index (χ1n) is 5.72. The lowest BCUT2D eigenvalue weighted by Gasteiger charge is -2.05. The maximum atomic E-state index is 11.6. The number of amides is 2. The lowest BCUT2D eigenvalue weighted by Crippen LogP contribution is -2.35. The number of hydrogen-bond acceptors (Lipinski definition) is 5. The highest BCUT2D eigenvalue weighted by Gasteiger charge is 2.08. The Morgan fingerprint density at radius 1 is 1.28 bits per heavy atom. The van der Waals surface area contributed by atoms with E-state index in [0.29, 0.717) is 5.82 Å². The number of nitrogens with one attached hydrogen (secondary N) is 3. The van der Waals surface area contributed by atoms with Crippen molar-refractivity contribution in [1.29, 1.82) is 0 Å². The molecular weight excluding hydrogens is 234 g/mol. The van der Waals surface area contributed by atoms with Crippen molar-refractivity contribution in [2.75, 3.05) is 25.5 Å². The van der Waals surface area contributed by atoms with Gasteiger partial charge in [0.05, 0.1) is 18.9 Å². The van der Waals surface area contributed by atoms with E-state index in [1.54, 1.807) is 0 Å². The van der Waals surface area contributed by atoms with Crippen LogP contribution in [0.4, 0.5) is 5.82 Å². The Balaban J connectivity index is 2.51. The van der Waals surface area contributed by atoms with Crippen molar-refractivity contribution >= 4 is 17.6 Å². The van der Waals surface area contributed by atoms with Gasteiger partial charge >= 0.3 is 0 Å². The third-order valence-corrected chi connectivity index (χ3v) is 2.13. The van der Waals surface area contributed by atoms with Gasteiger partial charge in [-0.25, -0.2) is 9.97 Å². The maximum absolute atomic E-state index is 11.6. The first kappa shape index (κ1) is 13.9. The van der Waals surface area contributed by atoms with Crippen LogP contribution in [0, 0.1) is 0 Å². The van der Waals surface area contributed by atoms with Gasteiger partial charge in [0, 0.05) is 13.6 Å². The van der Waals surface area contributed by atoms with Gasteiger partial charge in [0.1, 0.15) is 11.5 Å². The first-order valence-corrected chi connectivity index (χ1v) is 5.72. The third-order valence-electron chi connectivity index (χ3n) is 2.13. The van der Waals surface area contributed by atoms with Crippen molar-refractivity contribution in [3.8, 4) is 0 Å². The highest BCUT2D eigenvalue weighted by molar-refractivity contribution is 5.94. The molecule has 0 aliphatic rings. The summed E-state index contributed by atoms with van der Waals surface area (Å²) in [7, 11) is 1.50. The Kier molecular flexibility index (Phi) is 5.56. The van der Waals surface area contributed by atoms with E-state index in [4.69, 9.17) is 0 Å². The minimum atomic E-state index is -0.423. The van der Waals surface area contributed by atoms with Crippen LogP contribution < -0.4 is 16.0 Å². The average molecular weight is 251 g/mol. The molecule has 1 aromatic heterocycles. The van der Waals surface area contributed by atoms with E-state index in [0.717, 1.165) is 13.0 Å². The molecule has 1 aromatic rings. The molecule has 98 valence electrons. The summed E-state index contributed by atoms with van der Waals surface area (Å²) in [5.41, 5.74) is 0.181. The van der Waals surface area contributed by atoms with E-state index in [1.807, 2.05) is 6.92 Å². The lowest BCUT2D eigenvalue weighted by molar-refractivity contribution is -0.119. The standard InChI is InChI=1S/C11H17N5O2/c1-3-4-13-9-6-14-8(5-15-9)11(18)16-7-10(17)12-2/h5-6H,3-4,7H2,1-2H3,(H,12,17)(H,13,15)(H,16,18).